The quantitative estimate of drug-likeness (QED) is 0.362. The predicted octanol–water partition coefficient (Wildman–Crippen LogP) is 5.46. The highest BCUT2D eigenvalue weighted by Gasteiger charge is 2.33. The lowest BCUT2D eigenvalue weighted by Gasteiger charge is -2.33. The van der Waals surface area contributed by atoms with Crippen molar-refractivity contribution in [1.82, 2.24) is 4.57 Å². The lowest BCUT2D eigenvalue weighted by atomic mass is 9.85. The molecule has 0 radical (unpaired) electrons. The predicted molar refractivity (Wildman–Crippen MR) is 125 cm³/mol. The molecule has 0 saturated heterocycles. The summed E-state index contributed by atoms with van der Waals surface area (Å²) >= 11 is 5.58. The van der Waals surface area contributed by atoms with E-state index in [-0.39, 0.29) is 34.5 Å². The Morgan fingerprint density at radius 3 is 2.49 bits per heavy atom. The molecule has 1 aliphatic rings. The normalized spacial score (nSPS) is 17.8. The summed E-state index contributed by atoms with van der Waals surface area (Å²) in [5.74, 6) is -3.97. The van der Waals surface area contributed by atoms with Crippen molar-refractivity contribution in [3.05, 3.63) is 62.0 Å². The van der Waals surface area contributed by atoms with Gasteiger partial charge in [0.2, 0.25) is 5.43 Å². The zero-order valence-electron chi connectivity index (χ0n) is 20.0. The summed E-state index contributed by atoms with van der Waals surface area (Å²) in [6.07, 6.45) is 4.41. The Morgan fingerprint density at radius 1 is 1.17 bits per heavy atom. The number of hydrogen-bond acceptors (Lipinski definition) is 6. The number of pyridine rings is 1. The van der Waals surface area contributed by atoms with E-state index < -0.39 is 46.7 Å². The van der Waals surface area contributed by atoms with E-state index in [1.54, 1.807) is 18.4 Å². The number of carbonyl (C=O) groups is 2. The maximum Gasteiger partial charge on any atom is 0.359 e. The molecule has 1 aliphatic carbocycles. The molecule has 0 N–H and O–H groups in total. The van der Waals surface area contributed by atoms with Crippen LogP contribution in [0.15, 0.2) is 23.1 Å². The number of halogens is 3. The van der Waals surface area contributed by atoms with Gasteiger partial charge in [0.15, 0.2) is 17.3 Å². The van der Waals surface area contributed by atoms with E-state index >= 15 is 0 Å². The molecule has 0 bridgehead atoms. The van der Waals surface area contributed by atoms with Crippen LogP contribution < -0.4 is 10.2 Å². The third kappa shape index (κ3) is 5.66. The van der Waals surface area contributed by atoms with Crippen molar-refractivity contribution in [2.75, 3.05) is 7.11 Å². The molecule has 190 valence electrons. The number of rotatable bonds is 7. The molecule has 35 heavy (non-hydrogen) atoms. The lowest BCUT2D eigenvalue weighted by Crippen LogP contribution is -2.32. The summed E-state index contributed by atoms with van der Waals surface area (Å²) in [5.41, 5.74) is -1.46. The zero-order chi connectivity index (χ0) is 25.9. The van der Waals surface area contributed by atoms with Gasteiger partial charge < -0.3 is 18.8 Å². The summed E-state index contributed by atoms with van der Waals surface area (Å²) in [5, 5.41) is -0.720. The monoisotopic (exact) mass is 511 g/mol. The fraction of sp³-hybridized carbons (Fsp3) is 0.480. The van der Waals surface area contributed by atoms with Gasteiger partial charge >= 0.3 is 11.9 Å². The van der Waals surface area contributed by atoms with Crippen LogP contribution in [0.5, 0.6) is 5.75 Å². The number of carbonyl (C=O) groups excluding carboxylic acids is 2. The Kier molecular flexibility index (Phi) is 8.53. The third-order valence-corrected chi connectivity index (χ3v) is 6.40. The molecule has 1 fully saturated rings. The average molecular weight is 512 g/mol. The first-order valence-electron chi connectivity index (χ1n) is 11.4. The molecule has 0 unspecified atom stereocenters. The van der Waals surface area contributed by atoms with Gasteiger partial charge in [-0.1, -0.05) is 31.4 Å². The number of nitrogens with zero attached hydrogens (tertiary/aromatic N) is 1. The number of hydrogen-bond donors (Lipinski definition) is 0. The molecule has 3 rings (SSSR count). The average Bonchev–Trinajstić information content (AvgIpc) is 2.81. The van der Waals surface area contributed by atoms with Crippen molar-refractivity contribution in [2.45, 2.75) is 65.2 Å². The molecule has 1 aromatic heterocycles. The Balaban J connectivity index is 2.05. The highest BCUT2D eigenvalue weighted by molar-refractivity contribution is 6.30. The topological polar surface area (TPSA) is 83.8 Å². The number of ether oxygens (including phenoxy) is 3. The highest BCUT2D eigenvalue weighted by atomic mass is 35.5. The maximum absolute atomic E-state index is 14.2. The molecule has 1 saturated carbocycles. The van der Waals surface area contributed by atoms with E-state index in [1.165, 1.54) is 13.3 Å². The molecular formula is C25H28ClF2NO6. The van der Waals surface area contributed by atoms with Crippen LogP contribution in [0.3, 0.4) is 0 Å². The zero-order valence-corrected chi connectivity index (χ0v) is 20.8. The first-order chi connectivity index (χ1) is 16.6. The van der Waals surface area contributed by atoms with E-state index in [9.17, 15) is 23.2 Å². The smallest absolute Gasteiger partial charge is 0.359 e. The van der Waals surface area contributed by atoms with Crippen molar-refractivity contribution in [1.29, 1.82) is 0 Å². The first-order valence-corrected chi connectivity index (χ1v) is 11.8. The van der Waals surface area contributed by atoms with Crippen LogP contribution in [-0.4, -0.2) is 29.7 Å². The molecule has 2 atom stereocenters. The van der Waals surface area contributed by atoms with E-state index in [0.717, 1.165) is 37.8 Å². The van der Waals surface area contributed by atoms with Gasteiger partial charge in [0.1, 0.15) is 23.0 Å². The first kappa shape index (κ1) is 26.7. The Morgan fingerprint density at radius 2 is 1.86 bits per heavy atom. The van der Waals surface area contributed by atoms with E-state index in [2.05, 4.69) is 0 Å². The van der Waals surface area contributed by atoms with E-state index in [1.807, 2.05) is 6.92 Å². The van der Waals surface area contributed by atoms with Crippen LogP contribution >= 0.6 is 11.6 Å². The molecule has 0 spiro atoms. The SMILES string of the molecule is COc1c(C(=O)OC(C)C)n([C@H]2CCCC[C@@H]2C)cc(C(=O)OCc2ccc(F)c(Cl)c2F)c1=O. The van der Waals surface area contributed by atoms with Crippen LogP contribution in [0.1, 0.15) is 78.9 Å². The summed E-state index contributed by atoms with van der Waals surface area (Å²) in [6, 6.07) is 1.86. The molecule has 0 aliphatic heterocycles. The summed E-state index contributed by atoms with van der Waals surface area (Å²) in [4.78, 5) is 39.0. The van der Waals surface area contributed by atoms with Crippen molar-refractivity contribution in [2.24, 2.45) is 5.92 Å². The maximum atomic E-state index is 14.2. The Hall–Kier alpha value is -2.94. The second-order valence-electron chi connectivity index (χ2n) is 8.85. The number of methoxy groups -OCH3 is 1. The number of benzene rings is 1. The Labute approximate surface area is 206 Å². The van der Waals surface area contributed by atoms with Crippen molar-refractivity contribution in [3.8, 4) is 5.75 Å². The standard InChI is InChI=1S/C25H28ClF2NO6/c1-13(2)35-25(32)21-23(33-4)22(30)16(11-29(21)18-8-6-5-7-14(18)3)24(31)34-12-15-9-10-17(27)19(26)20(15)28/h9-11,13-14,18H,5-8,12H2,1-4H3/t14-,18-/m0/s1. The highest BCUT2D eigenvalue weighted by Crippen LogP contribution is 2.36. The van der Waals surface area contributed by atoms with Gasteiger partial charge in [-0.25, -0.2) is 18.4 Å². The number of esters is 2. The van der Waals surface area contributed by atoms with Gasteiger partial charge in [0, 0.05) is 17.8 Å². The second kappa shape index (κ2) is 11.2. The van der Waals surface area contributed by atoms with Gasteiger partial charge in [-0.3, -0.25) is 4.79 Å². The van der Waals surface area contributed by atoms with Crippen LogP contribution in [-0.2, 0) is 16.1 Å². The minimum atomic E-state index is -1.06. The van der Waals surface area contributed by atoms with Gasteiger partial charge in [-0.2, -0.15) is 0 Å². The molecule has 2 aromatic rings. The molecule has 1 aromatic carbocycles. The van der Waals surface area contributed by atoms with Gasteiger partial charge in [-0.15, -0.1) is 0 Å². The Bertz CT molecular complexity index is 1180. The van der Waals surface area contributed by atoms with Gasteiger partial charge in [0.25, 0.3) is 0 Å². The summed E-state index contributed by atoms with van der Waals surface area (Å²) in [6.45, 7) is 4.82. The van der Waals surface area contributed by atoms with Crippen LogP contribution in [0.4, 0.5) is 8.78 Å². The molecule has 10 heteroatoms. The van der Waals surface area contributed by atoms with Gasteiger partial charge in [-0.05, 0) is 44.7 Å². The second-order valence-corrected chi connectivity index (χ2v) is 9.23. The van der Waals surface area contributed by atoms with E-state index in [0.29, 0.717) is 0 Å². The molecular weight excluding hydrogens is 484 g/mol. The van der Waals surface area contributed by atoms with E-state index in [4.69, 9.17) is 25.8 Å². The van der Waals surface area contributed by atoms with Crippen molar-refractivity contribution in [3.63, 3.8) is 0 Å². The fourth-order valence-corrected chi connectivity index (χ4v) is 4.47. The van der Waals surface area contributed by atoms with Crippen LogP contribution in [0.2, 0.25) is 5.02 Å². The fourth-order valence-electron chi connectivity index (χ4n) is 4.28. The summed E-state index contributed by atoms with van der Waals surface area (Å²) < 4.78 is 45.0. The number of aromatic nitrogens is 1. The molecule has 0 amide bonds. The molecule has 7 nitrogen and oxygen atoms in total. The van der Waals surface area contributed by atoms with Crippen LogP contribution in [0, 0.1) is 17.6 Å². The largest absolute Gasteiger partial charge is 0.491 e. The van der Waals surface area contributed by atoms with Crippen LogP contribution in [0.25, 0.3) is 0 Å². The van der Waals surface area contributed by atoms with Gasteiger partial charge in [0.05, 0.1) is 13.2 Å². The van der Waals surface area contributed by atoms with Crippen molar-refractivity contribution < 1.29 is 32.6 Å². The minimum absolute atomic E-state index is 0.0714. The summed E-state index contributed by atoms with van der Waals surface area (Å²) in [7, 11) is 1.22. The third-order valence-electron chi connectivity index (χ3n) is 6.05. The molecule has 1 heterocycles. The van der Waals surface area contributed by atoms with Crippen molar-refractivity contribution >= 4 is 23.5 Å². The lowest BCUT2D eigenvalue weighted by molar-refractivity contribution is 0.0347. The minimum Gasteiger partial charge on any atom is -0.491 e.